The van der Waals surface area contributed by atoms with Gasteiger partial charge in [0.15, 0.2) is 5.60 Å². The number of piperidine rings is 1. The van der Waals surface area contributed by atoms with E-state index in [1.807, 2.05) is 30.3 Å². The van der Waals surface area contributed by atoms with E-state index in [1.54, 1.807) is 11.1 Å². The van der Waals surface area contributed by atoms with E-state index < -0.39 is 5.60 Å². The lowest BCUT2D eigenvalue weighted by Gasteiger charge is -2.37. The molecule has 1 aliphatic heterocycles. The first-order chi connectivity index (χ1) is 14.1. The zero-order valence-corrected chi connectivity index (χ0v) is 17.8. The molecule has 3 aliphatic carbocycles. The fraction of sp³-hybridized carbons (Fsp3) is 0.640. The molecule has 2 fully saturated rings. The van der Waals surface area contributed by atoms with E-state index in [-0.39, 0.29) is 17.9 Å². The molecule has 1 heterocycles. The summed E-state index contributed by atoms with van der Waals surface area (Å²) in [4.78, 5) is 15.5. The number of aliphatic hydroxyl groups is 1. The summed E-state index contributed by atoms with van der Waals surface area (Å²) in [5, 5.41) is 14.6. The average Bonchev–Trinajstić information content (AvgIpc) is 3.14. The number of likely N-dealkylation sites (tertiary alicyclic amines) is 1. The normalized spacial score (nSPS) is 24.1. The highest BCUT2D eigenvalue weighted by Crippen LogP contribution is 2.48. The molecule has 158 valence electrons. The number of carbonyl (C=O) groups excluding carboxylic acids is 1. The molecule has 2 N–H and O–H groups in total. The van der Waals surface area contributed by atoms with Crippen LogP contribution in [-0.2, 0) is 10.4 Å². The first kappa shape index (κ1) is 20.6. The van der Waals surface area contributed by atoms with Gasteiger partial charge in [-0.25, -0.2) is 0 Å². The predicted octanol–water partition coefficient (Wildman–Crippen LogP) is 4.15. The van der Waals surface area contributed by atoms with Crippen LogP contribution in [-0.4, -0.2) is 41.6 Å². The standard InChI is InChI=1S/C20H30N2O2.C5H6/c1-2-22-14-12-18(13-15-22)21-19(23)20(24,17-10-6-7-11-17)16-8-4-3-5-9-16;1-2-5-3-4(1)5/h3-5,8-9,17-18,24H,2,6-7,10-15H2,1H3,(H,21,23);1-3H2. The van der Waals surface area contributed by atoms with Gasteiger partial charge in [-0.3, -0.25) is 4.79 Å². The Morgan fingerprint density at radius 3 is 2.17 bits per heavy atom. The molecule has 1 aromatic rings. The van der Waals surface area contributed by atoms with Gasteiger partial charge in [-0.15, -0.1) is 0 Å². The number of hydrogen-bond acceptors (Lipinski definition) is 3. The first-order valence-electron chi connectivity index (χ1n) is 11.6. The summed E-state index contributed by atoms with van der Waals surface area (Å²) in [6, 6.07) is 9.69. The zero-order valence-electron chi connectivity index (χ0n) is 17.8. The van der Waals surface area contributed by atoms with Crippen molar-refractivity contribution in [3.05, 3.63) is 47.0 Å². The van der Waals surface area contributed by atoms with Crippen LogP contribution in [0.2, 0.25) is 0 Å². The van der Waals surface area contributed by atoms with Crippen LogP contribution in [0.1, 0.15) is 70.3 Å². The molecule has 4 heteroatoms. The Morgan fingerprint density at radius 2 is 1.69 bits per heavy atom. The Hall–Kier alpha value is -1.65. The summed E-state index contributed by atoms with van der Waals surface area (Å²) in [5.41, 5.74) is 2.88. The van der Waals surface area contributed by atoms with Crippen molar-refractivity contribution in [2.24, 2.45) is 5.92 Å². The van der Waals surface area contributed by atoms with E-state index in [9.17, 15) is 9.90 Å². The molecule has 0 radical (unpaired) electrons. The average molecular weight is 397 g/mol. The van der Waals surface area contributed by atoms with Gasteiger partial charge in [0.2, 0.25) is 0 Å². The van der Waals surface area contributed by atoms with Crippen molar-refractivity contribution in [2.45, 2.75) is 76.4 Å². The molecule has 1 amide bonds. The van der Waals surface area contributed by atoms with Crippen molar-refractivity contribution in [3.8, 4) is 0 Å². The van der Waals surface area contributed by atoms with Gasteiger partial charge in [-0.05, 0) is 57.1 Å². The molecule has 4 nitrogen and oxygen atoms in total. The van der Waals surface area contributed by atoms with Gasteiger partial charge in [-0.2, -0.15) is 0 Å². The largest absolute Gasteiger partial charge is 0.375 e. The first-order valence-corrected chi connectivity index (χ1v) is 11.6. The molecule has 5 rings (SSSR count). The molecule has 1 aromatic carbocycles. The number of rotatable bonds is 5. The lowest BCUT2D eigenvalue weighted by molar-refractivity contribution is -0.148. The molecule has 4 aliphatic rings. The van der Waals surface area contributed by atoms with E-state index in [0.717, 1.165) is 63.7 Å². The van der Waals surface area contributed by atoms with Crippen LogP contribution >= 0.6 is 0 Å². The van der Waals surface area contributed by atoms with Crippen LogP contribution < -0.4 is 5.32 Å². The highest BCUT2D eigenvalue weighted by molar-refractivity contribution is 5.87. The van der Waals surface area contributed by atoms with Crippen molar-refractivity contribution in [1.82, 2.24) is 10.2 Å². The minimum absolute atomic E-state index is 0.0237. The highest BCUT2D eigenvalue weighted by atomic mass is 16.3. The van der Waals surface area contributed by atoms with Crippen LogP contribution in [0.15, 0.2) is 41.5 Å². The van der Waals surface area contributed by atoms with E-state index >= 15 is 0 Å². The number of carbonyl (C=O) groups is 1. The maximum absolute atomic E-state index is 13.1. The number of amides is 1. The SMILES string of the molecule is C1CC2=C1C2.CCN1CCC(NC(=O)C(O)(c2ccccc2)C2CCCC2)CC1. The summed E-state index contributed by atoms with van der Waals surface area (Å²) >= 11 is 0. The Labute approximate surface area is 175 Å². The maximum Gasteiger partial charge on any atom is 0.257 e. The third-order valence-electron chi connectivity index (χ3n) is 7.41. The second-order valence-electron chi connectivity index (χ2n) is 9.18. The van der Waals surface area contributed by atoms with Crippen LogP contribution in [0.5, 0.6) is 0 Å². The molecule has 1 unspecified atom stereocenters. The maximum atomic E-state index is 13.1. The van der Waals surface area contributed by atoms with Gasteiger partial charge < -0.3 is 15.3 Å². The second kappa shape index (κ2) is 9.01. The molecule has 0 aromatic heterocycles. The fourth-order valence-electron chi connectivity index (χ4n) is 5.15. The van der Waals surface area contributed by atoms with Crippen molar-refractivity contribution in [1.29, 1.82) is 0 Å². The Morgan fingerprint density at radius 1 is 1.07 bits per heavy atom. The molecule has 0 bridgehead atoms. The zero-order chi connectivity index (χ0) is 20.3. The topological polar surface area (TPSA) is 52.6 Å². The highest BCUT2D eigenvalue weighted by Gasteiger charge is 2.46. The molecule has 1 saturated carbocycles. The van der Waals surface area contributed by atoms with Gasteiger partial charge in [0, 0.05) is 25.0 Å². The minimum atomic E-state index is -1.39. The number of nitrogens with zero attached hydrogens (tertiary/aromatic N) is 1. The summed E-state index contributed by atoms with van der Waals surface area (Å²) in [6.07, 6.45) is 10.3. The van der Waals surface area contributed by atoms with Gasteiger partial charge in [0.1, 0.15) is 0 Å². The van der Waals surface area contributed by atoms with Gasteiger partial charge >= 0.3 is 0 Å². The molecule has 1 atom stereocenters. The summed E-state index contributed by atoms with van der Waals surface area (Å²) in [5.74, 6) is -0.175. The summed E-state index contributed by atoms with van der Waals surface area (Å²) in [6.45, 7) is 5.28. The summed E-state index contributed by atoms with van der Waals surface area (Å²) in [7, 11) is 0. The number of allylic oxidation sites excluding steroid dienone is 2. The minimum Gasteiger partial charge on any atom is -0.375 e. The van der Waals surface area contributed by atoms with Crippen molar-refractivity contribution < 1.29 is 9.90 Å². The van der Waals surface area contributed by atoms with Crippen molar-refractivity contribution >= 4 is 5.91 Å². The lowest BCUT2D eigenvalue weighted by atomic mass is 9.79. The second-order valence-corrected chi connectivity index (χ2v) is 9.18. The van der Waals surface area contributed by atoms with Crippen LogP contribution in [0, 0.1) is 5.92 Å². The lowest BCUT2D eigenvalue weighted by Crippen LogP contribution is -2.54. The monoisotopic (exact) mass is 396 g/mol. The predicted molar refractivity (Wildman–Crippen MR) is 116 cm³/mol. The van der Waals surface area contributed by atoms with E-state index in [1.165, 1.54) is 19.3 Å². The smallest absolute Gasteiger partial charge is 0.257 e. The number of benzene rings is 1. The Bertz CT molecular complexity index is 718. The molecule has 29 heavy (non-hydrogen) atoms. The van der Waals surface area contributed by atoms with Gasteiger partial charge in [0.05, 0.1) is 0 Å². The van der Waals surface area contributed by atoms with Crippen molar-refractivity contribution in [3.63, 3.8) is 0 Å². The van der Waals surface area contributed by atoms with Crippen LogP contribution in [0.4, 0.5) is 0 Å². The fourth-order valence-corrected chi connectivity index (χ4v) is 5.15. The molecule has 0 spiro atoms. The third-order valence-corrected chi connectivity index (χ3v) is 7.41. The molecular weight excluding hydrogens is 360 g/mol. The molecular formula is C25H36N2O2. The van der Waals surface area contributed by atoms with Crippen LogP contribution in [0.25, 0.3) is 0 Å². The Balaban J connectivity index is 0.000000349. The summed E-state index contributed by atoms with van der Waals surface area (Å²) < 4.78 is 0. The van der Waals surface area contributed by atoms with Crippen LogP contribution in [0.3, 0.4) is 0 Å². The number of hydrogen-bond donors (Lipinski definition) is 2. The number of nitrogens with one attached hydrogen (secondary N) is 1. The van der Waals surface area contributed by atoms with Crippen molar-refractivity contribution in [2.75, 3.05) is 19.6 Å². The van der Waals surface area contributed by atoms with E-state index in [4.69, 9.17) is 0 Å². The van der Waals surface area contributed by atoms with Gasteiger partial charge in [0.25, 0.3) is 5.91 Å². The third kappa shape index (κ3) is 4.59. The van der Waals surface area contributed by atoms with E-state index in [0.29, 0.717) is 0 Å². The Kier molecular flexibility index (Phi) is 6.41. The van der Waals surface area contributed by atoms with E-state index in [2.05, 4.69) is 17.1 Å². The quantitative estimate of drug-likeness (QED) is 0.736. The molecule has 1 saturated heterocycles. The van der Waals surface area contributed by atoms with Gasteiger partial charge in [-0.1, -0.05) is 61.2 Å².